The van der Waals surface area contributed by atoms with Gasteiger partial charge < -0.3 is 5.32 Å². The van der Waals surface area contributed by atoms with Crippen molar-refractivity contribution in [2.75, 3.05) is 6.54 Å². The molecule has 0 aliphatic heterocycles. The van der Waals surface area contributed by atoms with E-state index in [1.165, 1.54) is 11.1 Å². The minimum Gasteiger partial charge on any atom is -0.305 e. The number of aromatic nitrogens is 1. The third-order valence-corrected chi connectivity index (χ3v) is 3.34. The maximum atomic E-state index is 4.65. The molecule has 0 amide bonds. The summed E-state index contributed by atoms with van der Waals surface area (Å²) in [5, 5.41) is 3.52. The van der Waals surface area contributed by atoms with Crippen LogP contribution in [0.25, 0.3) is 0 Å². The average molecular weight is 254 g/mol. The summed E-state index contributed by atoms with van der Waals surface area (Å²) in [5.41, 5.74) is 4.80. The second-order valence-corrected chi connectivity index (χ2v) is 4.79. The molecule has 1 aromatic carbocycles. The van der Waals surface area contributed by atoms with Crippen molar-refractivity contribution in [3.63, 3.8) is 0 Å². The molecule has 0 saturated carbocycles. The molecule has 1 aromatic heterocycles. The average Bonchev–Trinajstić information content (AvgIpc) is 2.45. The van der Waals surface area contributed by atoms with E-state index < -0.39 is 0 Å². The number of benzene rings is 1. The summed E-state index contributed by atoms with van der Waals surface area (Å²) < 4.78 is 0. The summed E-state index contributed by atoms with van der Waals surface area (Å²) in [6.45, 7) is 7.27. The van der Waals surface area contributed by atoms with Crippen LogP contribution in [-0.4, -0.2) is 11.5 Å². The van der Waals surface area contributed by atoms with Crippen molar-refractivity contribution in [1.82, 2.24) is 10.3 Å². The Morgan fingerprint density at radius 1 is 1.05 bits per heavy atom. The Balaban J connectivity index is 2.33. The van der Waals surface area contributed by atoms with E-state index in [0.717, 1.165) is 24.4 Å². The lowest BCUT2D eigenvalue weighted by Crippen LogP contribution is -2.23. The lowest BCUT2D eigenvalue weighted by atomic mass is 10.0. The molecule has 1 heterocycles. The highest BCUT2D eigenvalue weighted by Crippen LogP contribution is 2.21. The lowest BCUT2D eigenvalue weighted by Gasteiger charge is -2.18. The fourth-order valence-electron chi connectivity index (χ4n) is 2.27. The SMILES string of the molecule is CCNC(c1ccc(CC)cc1)c1cccc(C)n1. The van der Waals surface area contributed by atoms with Gasteiger partial charge >= 0.3 is 0 Å². The minimum absolute atomic E-state index is 0.177. The molecule has 2 rings (SSSR count). The summed E-state index contributed by atoms with van der Waals surface area (Å²) in [6.07, 6.45) is 1.08. The van der Waals surface area contributed by atoms with E-state index in [-0.39, 0.29) is 6.04 Å². The Labute approximate surface area is 115 Å². The fraction of sp³-hybridized carbons (Fsp3) is 0.353. The van der Waals surface area contributed by atoms with Crippen LogP contribution in [0.1, 0.15) is 42.4 Å². The molecular formula is C17H22N2. The molecule has 19 heavy (non-hydrogen) atoms. The number of aryl methyl sites for hydroxylation is 2. The summed E-state index contributed by atoms with van der Waals surface area (Å²) in [7, 11) is 0. The molecule has 1 N–H and O–H groups in total. The predicted molar refractivity (Wildman–Crippen MR) is 80.3 cm³/mol. The first kappa shape index (κ1) is 13.8. The van der Waals surface area contributed by atoms with Gasteiger partial charge in [0.15, 0.2) is 0 Å². The van der Waals surface area contributed by atoms with Crippen molar-refractivity contribution in [2.24, 2.45) is 0 Å². The Morgan fingerprint density at radius 3 is 2.37 bits per heavy atom. The van der Waals surface area contributed by atoms with Crippen LogP contribution < -0.4 is 5.32 Å². The van der Waals surface area contributed by atoms with Crippen LogP contribution in [0.2, 0.25) is 0 Å². The van der Waals surface area contributed by atoms with Gasteiger partial charge in [0.05, 0.1) is 11.7 Å². The van der Waals surface area contributed by atoms with E-state index in [1.807, 2.05) is 13.0 Å². The first-order valence-electron chi connectivity index (χ1n) is 7.00. The normalized spacial score (nSPS) is 12.4. The number of hydrogen-bond donors (Lipinski definition) is 1. The molecule has 2 aromatic rings. The Morgan fingerprint density at radius 2 is 1.79 bits per heavy atom. The monoisotopic (exact) mass is 254 g/mol. The summed E-state index contributed by atoms with van der Waals surface area (Å²) >= 11 is 0. The lowest BCUT2D eigenvalue weighted by molar-refractivity contribution is 0.614. The standard InChI is InChI=1S/C17H22N2/c1-4-14-9-11-15(12-10-14)17(18-5-2)16-8-6-7-13(3)19-16/h6-12,17-18H,4-5H2,1-3H3. The molecule has 1 atom stereocenters. The highest BCUT2D eigenvalue weighted by atomic mass is 14.9. The van der Waals surface area contributed by atoms with Gasteiger partial charge in [-0.2, -0.15) is 0 Å². The van der Waals surface area contributed by atoms with Gasteiger partial charge in [0, 0.05) is 5.69 Å². The molecule has 1 unspecified atom stereocenters. The third-order valence-electron chi connectivity index (χ3n) is 3.34. The van der Waals surface area contributed by atoms with Gasteiger partial charge in [0.25, 0.3) is 0 Å². The Bertz CT molecular complexity index is 517. The molecule has 2 nitrogen and oxygen atoms in total. The Kier molecular flexibility index (Phi) is 4.69. The molecular weight excluding hydrogens is 232 g/mol. The van der Waals surface area contributed by atoms with Gasteiger partial charge in [0.1, 0.15) is 0 Å². The highest BCUT2D eigenvalue weighted by molar-refractivity contribution is 5.31. The number of hydrogen-bond acceptors (Lipinski definition) is 2. The van der Waals surface area contributed by atoms with Gasteiger partial charge in [-0.05, 0) is 43.1 Å². The van der Waals surface area contributed by atoms with Gasteiger partial charge in [-0.25, -0.2) is 0 Å². The van der Waals surface area contributed by atoms with Crippen LogP contribution >= 0.6 is 0 Å². The van der Waals surface area contributed by atoms with E-state index in [0.29, 0.717) is 0 Å². The van der Waals surface area contributed by atoms with E-state index in [2.05, 4.69) is 60.5 Å². The van der Waals surface area contributed by atoms with E-state index in [9.17, 15) is 0 Å². The van der Waals surface area contributed by atoms with Crippen molar-refractivity contribution in [1.29, 1.82) is 0 Å². The predicted octanol–water partition coefficient (Wildman–Crippen LogP) is 3.65. The molecule has 0 aliphatic rings. The van der Waals surface area contributed by atoms with Crippen molar-refractivity contribution >= 4 is 0 Å². The molecule has 0 aliphatic carbocycles. The van der Waals surface area contributed by atoms with Crippen molar-refractivity contribution < 1.29 is 0 Å². The first-order valence-corrected chi connectivity index (χ1v) is 7.00. The number of nitrogens with zero attached hydrogens (tertiary/aromatic N) is 1. The molecule has 100 valence electrons. The zero-order valence-electron chi connectivity index (χ0n) is 12.0. The van der Waals surface area contributed by atoms with Crippen molar-refractivity contribution in [3.05, 3.63) is 65.0 Å². The van der Waals surface area contributed by atoms with Crippen LogP contribution in [0.4, 0.5) is 0 Å². The molecule has 0 spiro atoms. The zero-order valence-corrected chi connectivity index (χ0v) is 12.0. The maximum Gasteiger partial charge on any atom is 0.0751 e. The van der Waals surface area contributed by atoms with Crippen molar-refractivity contribution in [2.45, 2.75) is 33.2 Å². The number of nitrogens with one attached hydrogen (secondary N) is 1. The molecule has 0 saturated heterocycles. The second-order valence-electron chi connectivity index (χ2n) is 4.79. The van der Waals surface area contributed by atoms with Crippen LogP contribution in [-0.2, 0) is 6.42 Å². The van der Waals surface area contributed by atoms with Crippen LogP contribution in [0.5, 0.6) is 0 Å². The van der Waals surface area contributed by atoms with Crippen LogP contribution in [0.15, 0.2) is 42.5 Å². The third kappa shape index (κ3) is 3.42. The topological polar surface area (TPSA) is 24.9 Å². The van der Waals surface area contributed by atoms with Gasteiger partial charge in [-0.3, -0.25) is 4.98 Å². The largest absolute Gasteiger partial charge is 0.305 e. The fourth-order valence-corrected chi connectivity index (χ4v) is 2.27. The minimum atomic E-state index is 0.177. The summed E-state index contributed by atoms with van der Waals surface area (Å²) in [4.78, 5) is 4.65. The zero-order chi connectivity index (χ0) is 13.7. The van der Waals surface area contributed by atoms with Crippen molar-refractivity contribution in [3.8, 4) is 0 Å². The van der Waals surface area contributed by atoms with Crippen LogP contribution in [0, 0.1) is 6.92 Å². The summed E-state index contributed by atoms with van der Waals surface area (Å²) in [5.74, 6) is 0. The van der Waals surface area contributed by atoms with Gasteiger partial charge in [-0.1, -0.05) is 44.2 Å². The molecule has 0 fully saturated rings. The molecule has 0 radical (unpaired) electrons. The molecule has 0 bridgehead atoms. The number of rotatable bonds is 5. The summed E-state index contributed by atoms with van der Waals surface area (Å²) in [6, 6.07) is 15.2. The second kappa shape index (κ2) is 6.48. The van der Waals surface area contributed by atoms with Crippen LogP contribution in [0.3, 0.4) is 0 Å². The molecule has 2 heteroatoms. The number of pyridine rings is 1. The first-order chi connectivity index (χ1) is 9.24. The quantitative estimate of drug-likeness (QED) is 0.881. The smallest absolute Gasteiger partial charge is 0.0751 e. The van der Waals surface area contributed by atoms with E-state index in [1.54, 1.807) is 0 Å². The van der Waals surface area contributed by atoms with E-state index >= 15 is 0 Å². The Hall–Kier alpha value is -1.67. The van der Waals surface area contributed by atoms with Gasteiger partial charge in [-0.15, -0.1) is 0 Å². The maximum absolute atomic E-state index is 4.65. The van der Waals surface area contributed by atoms with Gasteiger partial charge in [0.2, 0.25) is 0 Å². The highest BCUT2D eigenvalue weighted by Gasteiger charge is 2.14. The van der Waals surface area contributed by atoms with E-state index in [4.69, 9.17) is 0 Å².